The number of benzene rings is 2. The van der Waals surface area contributed by atoms with Crippen molar-refractivity contribution >= 4 is 11.9 Å². The summed E-state index contributed by atoms with van der Waals surface area (Å²) in [4.78, 5) is 12.2. The van der Waals surface area contributed by atoms with E-state index in [4.69, 9.17) is 9.47 Å². The van der Waals surface area contributed by atoms with Crippen molar-refractivity contribution in [2.45, 2.75) is 6.61 Å². The number of carbonyl (C=O) groups excluding carboxylic acids is 1. The summed E-state index contributed by atoms with van der Waals surface area (Å²) in [5, 5.41) is 9.55. The molecule has 0 aliphatic carbocycles. The monoisotopic (exact) mass is 350 g/mol. The van der Waals surface area contributed by atoms with E-state index in [1.165, 1.54) is 56.7 Å². The van der Waals surface area contributed by atoms with Crippen molar-refractivity contribution in [3.05, 3.63) is 53.6 Å². The van der Waals surface area contributed by atoms with Gasteiger partial charge in [-0.05, 0) is 36.4 Å². The number of allylic oxidation sites excluding steroid dienone is 1. The maximum atomic E-state index is 12.6. The third-order valence-electron chi connectivity index (χ3n) is 3.31. The highest BCUT2D eigenvalue weighted by atomic mass is 19.3. The molecule has 7 heteroatoms. The van der Waals surface area contributed by atoms with Gasteiger partial charge in [0.05, 0.1) is 14.2 Å². The fourth-order valence-corrected chi connectivity index (χ4v) is 2.13. The topological polar surface area (TPSA) is 65.0 Å². The summed E-state index contributed by atoms with van der Waals surface area (Å²) in [5.74, 6) is -0.372. The number of ether oxygens (including phenoxy) is 3. The highest BCUT2D eigenvalue weighted by Crippen LogP contribution is 2.33. The molecular weight excluding hydrogens is 334 g/mol. The van der Waals surface area contributed by atoms with Gasteiger partial charge in [-0.1, -0.05) is 12.1 Å². The fourth-order valence-electron chi connectivity index (χ4n) is 2.13. The number of hydrogen-bond donors (Lipinski definition) is 1. The lowest BCUT2D eigenvalue weighted by Crippen LogP contribution is -2.05. The molecule has 0 saturated carbocycles. The minimum atomic E-state index is -3.03. The largest absolute Gasteiger partial charge is 0.504 e. The summed E-state index contributed by atoms with van der Waals surface area (Å²) in [6.07, 6.45) is 2.56. The summed E-state index contributed by atoms with van der Waals surface area (Å²) in [7, 11) is 2.69. The summed E-state index contributed by atoms with van der Waals surface area (Å²) in [6.45, 7) is -3.03. The van der Waals surface area contributed by atoms with Crippen molar-refractivity contribution in [1.82, 2.24) is 0 Å². The SMILES string of the molecule is COc1cc(C(=O)/C=C/c2cccc(OC)c2OC(F)F)ccc1O. The van der Waals surface area contributed by atoms with E-state index >= 15 is 0 Å². The number of halogens is 2. The van der Waals surface area contributed by atoms with Gasteiger partial charge in [-0.2, -0.15) is 8.78 Å². The molecule has 5 nitrogen and oxygen atoms in total. The second kappa shape index (κ2) is 8.14. The van der Waals surface area contributed by atoms with E-state index < -0.39 is 12.4 Å². The number of hydrogen-bond acceptors (Lipinski definition) is 5. The van der Waals surface area contributed by atoms with Crippen LogP contribution in [0, 0.1) is 0 Å². The Morgan fingerprint density at radius 2 is 1.84 bits per heavy atom. The third kappa shape index (κ3) is 4.47. The second-order valence-corrected chi connectivity index (χ2v) is 4.84. The minimum absolute atomic E-state index is 0.0940. The van der Waals surface area contributed by atoms with E-state index in [1.807, 2.05) is 0 Å². The molecule has 0 fully saturated rings. The van der Waals surface area contributed by atoms with Crippen molar-refractivity contribution in [1.29, 1.82) is 0 Å². The number of ketones is 1. The summed E-state index contributed by atoms with van der Waals surface area (Å²) in [6, 6.07) is 8.71. The van der Waals surface area contributed by atoms with Crippen LogP contribution in [0.3, 0.4) is 0 Å². The van der Waals surface area contributed by atoms with Crippen LogP contribution in [-0.2, 0) is 0 Å². The Bertz CT molecular complexity index is 787. The molecule has 0 amide bonds. The first-order valence-electron chi connectivity index (χ1n) is 7.17. The predicted molar refractivity (Wildman–Crippen MR) is 87.6 cm³/mol. The van der Waals surface area contributed by atoms with E-state index in [9.17, 15) is 18.7 Å². The van der Waals surface area contributed by atoms with Crippen LogP contribution >= 0.6 is 0 Å². The first-order chi connectivity index (χ1) is 12.0. The lowest BCUT2D eigenvalue weighted by Gasteiger charge is -2.12. The van der Waals surface area contributed by atoms with Gasteiger partial charge < -0.3 is 19.3 Å². The molecule has 0 aliphatic rings. The van der Waals surface area contributed by atoms with E-state index in [0.29, 0.717) is 0 Å². The summed E-state index contributed by atoms with van der Waals surface area (Å²) >= 11 is 0. The number of phenols is 1. The van der Waals surface area contributed by atoms with Gasteiger partial charge in [-0.25, -0.2) is 0 Å². The molecule has 1 N–H and O–H groups in total. The van der Waals surface area contributed by atoms with Crippen molar-refractivity contribution in [2.75, 3.05) is 14.2 Å². The molecule has 0 unspecified atom stereocenters. The molecule has 2 aromatic carbocycles. The first-order valence-corrected chi connectivity index (χ1v) is 7.17. The molecular formula is C18H16F2O5. The van der Waals surface area contributed by atoms with Gasteiger partial charge in [0.15, 0.2) is 28.8 Å². The number of para-hydroxylation sites is 1. The van der Waals surface area contributed by atoms with Crippen LogP contribution in [0.4, 0.5) is 8.78 Å². The highest BCUT2D eigenvalue weighted by Gasteiger charge is 2.14. The minimum Gasteiger partial charge on any atom is -0.504 e. The van der Waals surface area contributed by atoms with Gasteiger partial charge in [-0.15, -0.1) is 0 Å². The molecule has 0 saturated heterocycles. The molecule has 0 spiro atoms. The number of rotatable bonds is 7. The highest BCUT2D eigenvalue weighted by molar-refractivity contribution is 6.07. The molecule has 132 valence electrons. The first kappa shape index (κ1) is 18.3. The quantitative estimate of drug-likeness (QED) is 0.606. The number of phenolic OH excluding ortho intramolecular Hbond substituents is 1. The Kier molecular flexibility index (Phi) is 5.94. The zero-order chi connectivity index (χ0) is 18.4. The zero-order valence-electron chi connectivity index (χ0n) is 13.5. The van der Waals surface area contributed by atoms with E-state index in [0.717, 1.165) is 0 Å². The van der Waals surface area contributed by atoms with Crippen LogP contribution in [0.1, 0.15) is 15.9 Å². The molecule has 0 bridgehead atoms. The van der Waals surface area contributed by atoms with Gasteiger partial charge in [0.2, 0.25) is 0 Å². The molecule has 0 aromatic heterocycles. The lowest BCUT2D eigenvalue weighted by atomic mass is 10.1. The third-order valence-corrected chi connectivity index (χ3v) is 3.31. The number of aromatic hydroxyl groups is 1. The van der Waals surface area contributed by atoms with Crippen LogP contribution in [0.5, 0.6) is 23.0 Å². The molecule has 0 aliphatic heterocycles. The normalized spacial score (nSPS) is 10.9. The zero-order valence-corrected chi connectivity index (χ0v) is 13.5. The average Bonchev–Trinajstić information content (AvgIpc) is 2.60. The van der Waals surface area contributed by atoms with Crippen LogP contribution < -0.4 is 14.2 Å². The Morgan fingerprint density at radius 1 is 1.12 bits per heavy atom. The van der Waals surface area contributed by atoms with Gasteiger partial charge in [0.1, 0.15) is 0 Å². The maximum absolute atomic E-state index is 12.6. The predicted octanol–water partition coefficient (Wildman–Crippen LogP) is 3.91. The van der Waals surface area contributed by atoms with Crippen molar-refractivity contribution < 1.29 is 32.9 Å². The maximum Gasteiger partial charge on any atom is 0.387 e. The molecule has 25 heavy (non-hydrogen) atoms. The molecule has 0 heterocycles. The summed E-state index contributed by atoms with van der Waals surface area (Å²) < 4.78 is 39.6. The number of carbonyl (C=O) groups is 1. The van der Waals surface area contributed by atoms with Crippen LogP contribution in [0.2, 0.25) is 0 Å². The van der Waals surface area contributed by atoms with E-state index in [2.05, 4.69) is 4.74 Å². The van der Waals surface area contributed by atoms with Crippen LogP contribution in [0.25, 0.3) is 6.08 Å². The Labute approximate surface area is 143 Å². The van der Waals surface area contributed by atoms with Gasteiger partial charge in [0, 0.05) is 11.1 Å². The molecule has 0 radical (unpaired) electrons. The standard InChI is InChI=1S/C18H16F2O5/c1-23-15-5-3-4-11(17(15)25-18(19)20)6-8-13(21)12-7-9-14(22)16(10-12)24-2/h3-10,18,22H,1-2H3/b8-6+. The lowest BCUT2D eigenvalue weighted by molar-refractivity contribution is -0.0513. The number of alkyl halides is 2. The smallest absolute Gasteiger partial charge is 0.387 e. The Hall–Kier alpha value is -3.09. The van der Waals surface area contributed by atoms with E-state index in [1.54, 1.807) is 6.07 Å². The Balaban J connectivity index is 2.31. The van der Waals surface area contributed by atoms with Gasteiger partial charge >= 0.3 is 6.61 Å². The van der Waals surface area contributed by atoms with E-state index in [-0.39, 0.29) is 34.1 Å². The molecule has 2 aromatic rings. The number of methoxy groups -OCH3 is 2. The summed E-state index contributed by atoms with van der Waals surface area (Å²) in [5.41, 5.74) is 0.531. The van der Waals surface area contributed by atoms with Crippen molar-refractivity contribution in [3.8, 4) is 23.0 Å². The fraction of sp³-hybridized carbons (Fsp3) is 0.167. The Morgan fingerprint density at radius 3 is 2.48 bits per heavy atom. The molecule has 0 atom stereocenters. The molecule has 2 rings (SSSR count). The van der Waals surface area contributed by atoms with Gasteiger partial charge in [-0.3, -0.25) is 4.79 Å². The van der Waals surface area contributed by atoms with Crippen molar-refractivity contribution in [3.63, 3.8) is 0 Å². The van der Waals surface area contributed by atoms with Crippen molar-refractivity contribution in [2.24, 2.45) is 0 Å². The van der Waals surface area contributed by atoms with Crippen LogP contribution in [-0.4, -0.2) is 31.7 Å². The second-order valence-electron chi connectivity index (χ2n) is 4.84. The van der Waals surface area contributed by atoms with Crippen LogP contribution in [0.15, 0.2) is 42.5 Å². The average molecular weight is 350 g/mol. The van der Waals surface area contributed by atoms with Gasteiger partial charge in [0.25, 0.3) is 0 Å².